The Morgan fingerprint density at radius 1 is 1.48 bits per heavy atom. The van der Waals surface area contributed by atoms with Gasteiger partial charge in [-0.25, -0.2) is 4.79 Å². The van der Waals surface area contributed by atoms with Gasteiger partial charge in [0.15, 0.2) is 0 Å². The van der Waals surface area contributed by atoms with Crippen molar-refractivity contribution in [1.82, 2.24) is 5.32 Å². The van der Waals surface area contributed by atoms with Gasteiger partial charge in [-0.2, -0.15) is 0 Å². The Labute approximate surface area is 130 Å². The molecule has 0 aromatic heterocycles. The van der Waals surface area contributed by atoms with Crippen molar-refractivity contribution in [3.05, 3.63) is 34.9 Å². The molecule has 2 unspecified atom stereocenters. The number of carbonyl (C=O) groups is 1. The van der Waals surface area contributed by atoms with Gasteiger partial charge in [-0.3, -0.25) is 5.32 Å². The molecule has 0 aliphatic carbocycles. The molecule has 0 saturated carbocycles. The largest absolute Gasteiger partial charge is 0.467 e. The van der Waals surface area contributed by atoms with Gasteiger partial charge in [0.2, 0.25) is 0 Å². The highest BCUT2D eigenvalue weighted by Crippen LogP contribution is 2.28. The second-order valence-corrected chi connectivity index (χ2v) is 5.71. The van der Waals surface area contributed by atoms with Crippen LogP contribution in [0.4, 0.5) is 0 Å². The van der Waals surface area contributed by atoms with Crippen molar-refractivity contribution in [3.63, 3.8) is 0 Å². The summed E-state index contributed by atoms with van der Waals surface area (Å²) >= 11 is 5.94. The molecule has 1 fully saturated rings. The summed E-state index contributed by atoms with van der Waals surface area (Å²) < 4.78 is 10.7. The van der Waals surface area contributed by atoms with E-state index in [0.717, 1.165) is 25.0 Å². The fraction of sp³-hybridized carbons (Fsp3) is 0.562. The Morgan fingerprint density at radius 3 is 2.71 bits per heavy atom. The van der Waals surface area contributed by atoms with Crippen LogP contribution >= 0.6 is 11.6 Å². The normalized spacial score (nSPS) is 21.0. The lowest BCUT2D eigenvalue weighted by Gasteiger charge is -2.32. The highest BCUT2D eigenvalue weighted by molar-refractivity contribution is 6.30. The summed E-state index contributed by atoms with van der Waals surface area (Å²) in [6.45, 7) is 3.39. The zero-order valence-electron chi connectivity index (χ0n) is 12.5. The van der Waals surface area contributed by atoms with E-state index < -0.39 is 5.54 Å². The summed E-state index contributed by atoms with van der Waals surface area (Å²) in [5, 5.41) is 4.01. The van der Waals surface area contributed by atoms with Gasteiger partial charge >= 0.3 is 5.97 Å². The number of rotatable bonds is 6. The zero-order valence-corrected chi connectivity index (χ0v) is 13.3. The van der Waals surface area contributed by atoms with Gasteiger partial charge < -0.3 is 9.47 Å². The highest BCUT2D eigenvalue weighted by atomic mass is 35.5. The van der Waals surface area contributed by atoms with Crippen molar-refractivity contribution in [2.75, 3.05) is 20.3 Å². The smallest absolute Gasteiger partial charge is 0.330 e. The molecule has 1 aromatic rings. The molecule has 1 saturated heterocycles. The van der Waals surface area contributed by atoms with Crippen LogP contribution in [0.25, 0.3) is 0 Å². The topological polar surface area (TPSA) is 47.6 Å². The third kappa shape index (κ3) is 3.57. The van der Waals surface area contributed by atoms with Crippen molar-refractivity contribution in [1.29, 1.82) is 0 Å². The Balaban J connectivity index is 2.23. The van der Waals surface area contributed by atoms with Crippen LogP contribution in [0.5, 0.6) is 0 Å². The van der Waals surface area contributed by atoms with E-state index in [1.54, 1.807) is 12.1 Å². The lowest BCUT2D eigenvalue weighted by atomic mass is 9.87. The maximum absolute atomic E-state index is 12.4. The molecule has 0 spiro atoms. The van der Waals surface area contributed by atoms with Crippen molar-refractivity contribution >= 4 is 17.6 Å². The summed E-state index contributed by atoms with van der Waals surface area (Å²) in [6, 6.07) is 7.31. The SMILES string of the molecule is CCC(NCC1CCCO1)(C(=O)OC)c1ccc(Cl)cc1. The summed E-state index contributed by atoms with van der Waals surface area (Å²) in [5.74, 6) is -0.287. The van der Waals surface area contributed by atoms with Gasteiger partial charge in [0.25, 0.3) is 0 Å². The predicted molar refractivity (Wildman–Crippen MR) is 82.4 cm³/mol. The molecule has 1 N–H and O–H groups in total. The van der Waals surface area contributed by atoms with Crippen LogP contribution in [0, 0.1) is 0 Å². The standard InChI is InChI=1S/C16H22ClNO3/c1-3-16(15(19)20-2,12-6-8-13(17)9-7-12)18-11-14-5-4-10-21-14/h6-9,14,18H,3-5,10-11H2,1-2H3. The van der Waals surface area contributed by atoms with Crippen LogP contribution in [0.2, 0.25) is 5.02 Å². The van der Waals surface area contributed by atoms with Crippen molar-refractivity contribution in [3.8, 4) is 0 Å². The molecule has 21 heavy (non-hydrogen) atoms. The molecule has 1 aromatic carbocycles. The first-order valence-corrected chi connectivity index (χ1v) is 7.71. The van der Waals surface area contributed by atoms with E-state index in [1.807, 2.05) is 19.1 Å². The zero-order chi connectivity index (χ0) is 15.3. The molecule has 0 amide bonds. The minimum Gasteiger partial charge on any atom is -0.467 e. The van der Waals surface area contributed by atoms with Crippen LogP contribution in [-0.4, -0.2) is 32.3 Å². The van der Waals surface area contributed by atoms with E-state index >= 15 is 0 Å². The molecular formula is C16H22ClNO3. The molecule has 1 aliphatic rings. The second-order valence-electron chi connectivity index (χ2n) is 5.27. The first-order chi connectivity index (χ1) is 10.1. The average Bonchev–Trinajstić information content (AvgIpc) is 3.02. The van der Waals surface area contributed by atoms with Gasteiger partial charge in [-0.05, 0) is 37.0 Å². The summed E-state index contributed by atoms with van der Waals surface area (Å²) in [7, 11) is 1.41. The van der Waals surface area contributed by atoms with Gasteiger partial charge in [-0.1, -0.05) is 30.7 Å². The Kier molecular flexibility index (Phi) is 5.62. The molecule has 1 aliphatic heterocycles. The Hall–Kier alpha value is -1.10. The number of hydrogen-bond donors (Lipinski definition) is 1. The Morgan fingerprint density at radius 2 is 2.19 bits per heavy atom. The van der Waals surface area contributed by atoms with Crippen LogP contribution in [0.3, 0.4) is 0 Å². The van der Waals surface area contributed by atoms with E-state index in [9.17, 15) is 4.79 Å². The number of halogens is 1. The number of nitrogens with one attached hydrogen (secondary N) is 1. The summed E-state index contributed by atoms with van der Waals surface area (Å²) in [6.07, 6.45) is 2.85. The number of hydrogen-bond acceptors (Lipinski definition) is 4. The molecule has 2 rings (SSSR count). The van der Waals surface area contributed by atoms with E-state index in [4.69, 9.17) is 21.1 Å². The van der Waals surface area contributed by atoms with Crippen LogP contribution in [-0.2, 0) is 19.8 Å². The van der Waals surface area contributed by atoms with Gasteiger partial charge in [0.1, 0.15) is 5.54 Å². The third-order valence-corrected chi connectivity index (χ3v) is 4.31. The monoisotopic (exact) mass is 311 g/mol. The summed E-state index contributed by atoms with van der Waals surface area (Å²) in [4.78, 5) is 12.4. The number of carbonyl (C=O) groups excluding carboxylic acids is 1. The number of esters is 1. The van der Waals surface area contributed by atoms with Crippen molar-refractivity contribution < 1.29 is 14.3 Å². The third-order valence-electron chi connectivity index (χ3n) is 4.06. The van der Waals surface area contributed by atoms with E-state index in [-0.39, 0.29) is 12.1 Å². The molecule has 0 bridgehead atoms. The van der Waals surface area contributed by atoms with E-state index in [0.29, 0.717) is 18.0 Å². The lowest BCUT2D eigenvalue weighted by molar-refractivity contribution is -0.149. The fourth-order valence-electron chi connectivity index (χ4n) is 2.77. The molecule has 0 radical (unpaired) electrons. The van der Waals surface area contributed by atoms with E-state index in [2.05, 4.69) is 5.32 Å². The van der Waals surface area contributed by atoms with E-state index in [1.165, 1.54) is 7.11 Å². The molecule has 116 valence electrons. The minimum absolute atomic E-state index is 0.160. The first-order valence-electron chi connectivity index (χ1n) is 7.33. The molecular weight excluding hydrogens is 290 g/mol. The minimum atomic E-state index is -0.856. The quantitative estimate of drug-likeness (QED) is 0.821. The van der Waals surface area contributed by atoms with Crippen LogP contribution < -0.4 is 5.32 Å². The lowest BCUT2D eigenvalue weighted by Crippen LogP contribution is -2.51. The van der Waals surface area contributed by atoms with Crippen molar-refractivity contribution in [2.24, 2.45) is 0 Å². The molecule has 4 nitrogen and oxygen atoms in total. The number of methoxy groups -OCH3 is 1. The second kappa shape index (κ2) is 7.25. The van der Waals surface area contributed by atoms with Crippen LogP contribution in [0.15, 0.2) is 24.3 Å². The maximum Gasteiger partial charge on any atom is 0.330 e. The fourth-order valence-corrected chi connectivity index (χ4v) is 2.89. The summed E-state index contributed by atoms with van der Waals surface area (Å²) in [5.41, 5.74) is 0.00455. The highest BCUT2D eigenvalue weighted by Gasteiger charge is 2.40. The number of ether oxygens (including phenoxy) is 2. The Bertz CT molecular complexity index is 471. The van der Waals surface area contributed by atoms with Gasteiger partial charge in [-0.15, -0.1) is 0 Å². The van der Waals surface area contributed by atoms with Gasteiger partial charge in [0, 0.05) is 18.2 Å². The van der Waals surface area contributed by atoms with Crippen LogP contribution in [0.1, 0.15) is 31.7 Å². The predicted octanol–water partition coefficient (Wildman–Crippen LogP) is 2.89. The first kappa shape index (κ1) is 16.3. The average molecular weight is 312 g/mol. The van der Waals surface area contributed by atoms with Gasteiger partial charge in [0.05, 0.1) is 13.2 Å². The molecule has 2 atom stereocenters. The molecule has 5 heteroatoms. The maximum atomic E-state index is 12.4. The number of benzene rings is 1. The molecule has 1 heterocycles. The van der Waals surface area contributed by atoms with Crippen molar-refractivity contribution in [2.45, 2.75) is 37.8 Å².